The van der Waals surface area contributed by atoms with Crippen LogP contribution in [-0.4, -0.2) is 18.2 Å². The molecule has 0 saturated carbocycles. The fourth-order valence-electron chi connectivity index (χ4n) is 1.80. The lowest BCUT2D eigenvalue weighted by atomic mass is 10.1. The lowest BCUT2D eigenvalue weighted by Crippen LogP contribution is -2.13. The van der Waals surface area contributed by atoms with Crippen molar-refractivity contribution in [1.82, 2.24) is 0 Å². The normalized spacial score (nSPS) is 11.4. The van der Waals surface area contributed by atoms with Gasteiger partial charge in [0.1, 0.15) is 5.75 Å². The van der Waals surface area contributed by atoms with Crippen LogP contribution < -0.4 is 10.5 Å². The van der Waals surface area contributed by atoms with E-state index in [0.29, 0.717) is 16.3 Å². The van der Waals surface area contributed by atoms with E-state index < -0.39 is 0 Å². The predicted molar refractivity (Wildman–Crippen MR) is 86.5 cm³/mol. The molecule has 2 aromatic rings. The van der Waals surface area contributed by atoms with E-state index >= 15 is 0 Å². The molecule has 110 valence electrons. The maximum atomic E-state index is 8.75. The van der Waals surface area contributed by atoms with Crippen LogP contribution in [0.4, 0.5) is 0 Å². The monoisotopic (exact) mass is 322 g/mol. The zero-order chi connectivity index (χ0) is 15.2. The molecule has 0 aromatic heterocycles. The molecule has 21 heavy (non-hydrogen) atoms. The molecule has 0 amide bonds. The third-order valence-electron chi connectivity index (χ3n) is 2.89. The number of halogens is 1. The standard InChI is InChI=1S/C15H15ClN2O2S/c1-20-14-7-2-10(15(17)18-19)8-11(14)9-21-13-5-3-12(16)4-6-13/h2-8,19H,9H2,1H3,(H2,17,18). The van der Waals surface area contributed by atoms with Crippen LogP contribution in [0.15, 0.2) is 52.5 Å². The molecular formula is C15H15ClN2O2S. The maximum Gasteiger partial charge on any atom is 0.170 e. The van der Waals surface area contributed by atoms with Crippen LogP contribution in [0.1, 0.15) is 11.1 Å². The number of methoxy groups -OCH3 is 1. The molecule has 0 atom stereocenters. The number of ether oxygens (including phenoxy) is 1. The number of hydrogen-bond acceptors (Lipinski definition) is 4. The van der Waals surface area contributed by atoms with E-state index in [2.05, 4.69) is 5.16 Å². The van der Waals surface area contributed by atoms with Crippen LogP contribution in [0.3, 0.4) is 0 Å². The van der Waals surface area contributed by atoms with Gasteiger partial charge in [-0.05, 0) is 42.5 Å². The molecule has 3 N–H and O–H groups in total. The van der Waals surface area contributed by atoms with Gasteiger partial charge in [0, 0.05) is 26.8 Å². The van der Waals surface area contributed by atoms with Crippen molar-refractivity contribution in [3.8, 4) is 5.75 Å². The van der Waals surface area contributed by atoms with E-state index in [4.69, 9.17) is 27.3 Å². The zero-order valence-electron chi connectivity index (χ0n) is 11.4. The van der Waals surface area contributed by atoms with Gasteiger partial charge in [-0.1, -0.05) is 16.8 Å². The summed E-state index contributed by atoms with van der Waals surface area (Å²) < 4.78 is 5.34. The van der Waals surface area contributed by atoms with Gasteiger partial charge < -0.3 is 15.7 Å². The molecule has 2 aromatic carbocycles. The minimum atomic E-state index is 0.0791. The van der Waals surface area contributed by atoms with Gasteiger partial charge in [0.2, 0.25) is 0 Å². The molecule has 0 fully saturated rings. The first-order valence-electron chi connectivity index (χ1n) is 6.17. The Balaban J connectivity index is 2.19. The fourth-order valence-corrected chi connectivity index (χ4v) is 2.80. The highest BCUT2D eigenvalue weighted by atomic mass is 35.5. The first-order valence-corrected chi connectivity index (χ1v) is 7.53. The lowest BCUT2D eigenvalue weighted by Gasteiger charge is -2.10. The van der Waals surface area contributed by atoms with Gasteiger partial charge in [0.15, 0.2) is 5.84 Å². The number of rotatable bonds is 5. The van der Waals surface area contributed by atoms with Crippen molar-refractivity contribution in [3.63, 3.8) is 0 Å². The number of amidine groups is 1. The van der Waals surface area contributed by atoms with Gasteiger partial charge in [-0.3, -0.25) is 0 Å². The quantitative estimate of drug-likeness (QED) is 0.289. The van der Waals surface area contributed by atoms with E-state index in [9.17, 15) is 0 Å². The Labute approximate surface area is 132 Å². The molecule has 6 heteroatoms. The second-order valence-electron chi connectivity index (χ2n) is 4.25. The third kappa shape index (κ3) is 4.06. The summed E-state index contributed by atoms with van der Waals surface area (Å²) in [6.07, 6.45) is 0. The topological polar surface area (TPSA) is 67.8 Å². The minimum Gasteiger partial charge on any atom is -0.496 e. The van der Waals surface area contributed by atoms with Crippen LogP contribution >= 0.6 is 23.4 Å². The smallest absolute Gasteiger partial charge is 0.170 e. The molecule has 0 heterocycles. The van der Waals surface area contributed by atoms with E-state index in [-0.39, 0.29) is 5.84 Å². The number of nitrogens with zero attached hydrogens (tertiary/aromatic N) is 1. The van der Waals surface area contributed by atoms with Crippen molar-refractivity contribution in [2.75, 3.05) is 7.11 Å². The summed E-state index contributed by atoms with van der Waals surface area (Å²) >= 11 is 7.53. The van der Waals surface area contributed by atoms with E-state index in [1.54, 1.807) is 24.9 Å². The summed E-state index contributed by atoms with van der Waals surface area (Å²) in [5, 5.41) is 12.5. The largest absolute Gasteiger partial charge is 0.496 e. The van der Waals surface area contributed by atoms with Crippen molar-refractivity contribution in [2.24, 2.45) is 10.9 Å². The van der Waals surface area contributed by atoms with Crippen LogP contribution in [0.2, 0.25) is 5.02 Å². The van der Waals surface area contributed by atoms with Gasteiger partial charge in [-0.25, -0.2) is 0 Å². The average molecular weight is 323 g/mol. The molecule has 4 nitrogen and oxygen atoms in total. The first kappa shape index (κ1) is 15.5. The Morgan fingerprint density at radius 3 is 2.62 bits per heavy atom. The highest BCUT2D eigenvalue weighted by Crippen LogP contribution is 2.29. The van der Waals surface area contributed by atoms with Crippen molar-refractivity contribution < 1.29 is 9.94 Å². The molecular weight excluding hydrogens is 308 g/mol. The molecule has 0 bridgehead atoms. The molecule has 0 aliphatic carbocycles. The molecule has 0 aliphatic heterocycles. The highest BCUT2D eigenvalue weighted by Gasteiger charge is 2.08. The molecule has 0 saturated heterocycles. The van der Waals surface area contributed by atoms with Crippen molar-refractivity contribution >= 4 is 29.2 Å². The van der Waals surface area contributed by atoms with Crippen LogP contribution in [-0.2, 0) is 5.75 Å². The number of hydrogen-bond donors (Lipinski definition) is 2. The molecule has 0 radical (unpaired) electrons. The van der Waals surface area contributed by atoms with Crippen LogP contribution in [0.25, 0.3) is 0 Å². The molecule has 2 rings (SSSR count). The van der Waals surface area contributed by atoms with Gasteiger partial charge in [0.05, 0.1) is 7.11 Å². The Hall–Kier alpha value is -1.85. The Kier molecular flexibility index (Phi) is 5.36. The van der Waals surface area contributed by atoms with Gasteiger partial charge in [-0.15, -0.1) is 11.8 Å². The maximum absolute atomic E-state index is 8.75. The summed E-state index contributed by atoms with van der Waals surface area (Å²) in [5.74, 6) is 1.55. The van der Waals surface area contributed by atoms with Gasteiger partial charge in [0.25, 0.3) is 0 Å². The Morgan fingerprint density at radius 1 is 1.29 bits per heavy atom. The summed E-state index contributed by atoms with van der Waals surface area (Å²) in [7, 11) is 1.62. The second-order valence-corrected chi connectivity index (χ2v) is 5.74. The first-order chi connectivity index (χ1) is 10.1. The Bertz CT molecular complexity index is 645. The summed E-state index contributed by atoms with van der Waals surface area (Å²) in [6, 6.07) is 13.1. The predicted octanol–water partition coefficient (Wildman–Crippen LogP) is 3.74. The number of oxime groups is 1. The van der Waals surface area contributed by atoms with Crippen molar-refractivity contribution in [3.05, 3.63) is 58.6 Å². The lowest BCUT2D eigenvalue weighted by molar-refractivity contribution is 0.318. The molecule has 0 spiro atoms. The van der Waals surface area contributed by atoms with Gasteiger partial charge in [-0.2, -0.15) is 0 Å². The van der Waals surface area contributed by atoms with Crippen molar-refractivity contribution in [1.29, 1.82) is 0 Å². The second kappa shape index (κ2) is 7.24. The van der Waals surface area contributed by atoms with E-state index in [1.165, 1.54) is 0 Å². The zero-order valence-corrected chi connectivity index (χ0v) is 13.0. The number of benzene rings is 2. The summed E-state index contributed by atoms with van der Waals surface area (Å²) in [5.41, 5.74) is 7.25. The Morgan fingerprint density at radius 2 is 2.00 bits per heavy atom. The number of nitrogens with two attached hydrogens (primary N) is 1. The van der Waals surface area contributed by atoms with Crippen LogP contribution in [0.5, 0.6) is 5.75 Å². The van der Waals surface area contributed by atoms with Crippen LogP contribution in [0, 0.1) is 0 Å². The van der Waals surface area contributed by atoms with Gasteiger partial charge >= 0.3 is 0 Å². The SMILES string of the molecule is COc1ccc(/C(N)=N/O)cc1CSc1ccc(Cl)cc1. The van der Waals surface area contributed by atoms with Crippen molar-refractivity contribution in [2.45, 2.75) is 10.6 Å². The van der Waals surface area contributed by atoms with E-state index in [1.807, 2.05) is 36.4 Å². The minimum absolute atomic E-state index is 0.0791. The fraction of sp³-hybridized carbons (Fsp3) is 0.133. The highest BCUT2D eigenvalue weighted by molar-refractivity contribution is 7.98. The summed E-state index contributed by atoms with van der Waals surface area (Å²) in [4.78, 5) is 1.11. The van der Waals surface area contributed by atoms with E-state index in [0.717, 1.165) is 16.2 Å². The molecule has 0 unspecified atom stereocenters. The molecule has 0 aliphatic rings. The average Bonchev–Trinajstić information content (AvgIpc) is 2.53. The summed E-state index contributed by atoms with van der Waals surface area (Å²) in [6.45, 7) is 0. The number of thioether (sulfide) groups is 1. The third-order valence-corrected chi connectivity index (χ3v) is 4.20.